The third-order valence-corrected chi connectivity index (χ3v) is 6.53. The first-order valence-corrected chi connectivity index (χ1v) is 11.5. The molecule has 2 heterocycles. The number of nitrogens with zero attached hydrogens (tertiary/aromatic N) is 2. The molecule has 1 unspecified atom stereocenters. The van der Waals surface area contributed by atoms with Crippen molar-refractivity contribution in [1.82, 2.24) is 15.1 Å². The number of piperidine rings is 1. The van der Waals surface area contributed by atoms with Crippen LogP contribution in [0.3, 0.4) is 0 Å². The number of likely N-dealkylation sites (tertiary alicyclic amines) is 1. The average molecular weight is 434 g/mol. The van der Waals surface area contributed by atoms with Gasteiger partial charge in [-0.1, -0.05) is 42.3 Å². The van der Waals surface area contributed by atoms with Gasteiger partial charge in [-0.3, -0.25) is 24.2 Å². The van der Waals surface area contributed by atoms with Crippen molar-refractivity contribution in [2.75, 3.05) is 13.1 Å². The maximum Gasteiger partial charge on any atom is 0.261 e. The number of rotatable bonds is 7. The van der Waals surface area contributed by atoms with E-state index in [-0.39, 0.29) is 30.7 Å². The summed E-state index contributed by atoms with van der Waals surface area (Å²) in [7, 11) is 0. The van der Waals surface area contributed by atoms with Gasteiger partial charge in [0.15, 0.2) is 0 Å². The van der Waals surface area contributed by atoms with Gasteiger partial charge in [-0.25, -0.2) is 0 Å². The lowest BCUT2D eigenvalue weighted by atomic mass is 10.0. The highest BCUT2D eigenvalue weighted by Crippen LogP contribution is 2.24. The first kappa shape index (κ1) is 22.2. The van der Waals surface area contributed by atoms with Gasteiger partial charge in [-0.2, -0.15) is 0 Å². The van der Waals surface area contributed by atoms with E-state index >= 15 is 0 Å². The summed E-state index contributed by atoms with van der Waals surface area (Å²) in [4.78, 5) is 41.0. The Morgan fingerprint density at radius 1 is 1.00 bits per heavy atom. The fraction of sp³-hybridized carbons (Fsp3) is 0.423. The molecule has 1 atom stereocenters. The standard InChI is InChI=1S/C26H31N3O3/c1-18-6-11-22-23(15-18)26(32)29(25(22)31)14-12-24(30)27-16-20-7-9-21(10-8-20)17-28-13-4-3-5-19(28)2/h6-11,15,19H,3-5,12-14,16-17H2,1-2H3,(H,27,30). The van der Waals surface area contributed by atoms with Gasteiger partial charge < -0.3 is 5.32 Å². The largest absolute Gasteiger partial charge is 0.352 e. The predicted octanol–water partition coefficient (Wildman–Crippen LogP) is 3.67. The van der Waals surface area contributed by atoms with Crippen molar-refractivity contribution in [3.05, 3.63) is 70.3 Å². The maximum atomic E-state index is 12.5. The molecule has 6 nitrogen and oxygen atoms in total. The molecule has 0 radical (unpaired) electrons. The Labute approximate surface area is 189 Å². The number of imide groups is 1. The van der Waals surface area contributed by atoms with Crippen LogP contribution in [0.2, 0.25) is 0 Å². The minimum atomic E-state index is -0.323. The molecule has 2 aromatic rings. The van der Waals surface area contributed by atoms with E-state index in [9.17, 15) is 14.4 Å². The average Bonchev–Trinajstić information content (AvgIpc) is 3.02. The van der Waals surface area contributed by atoms with E-state index < -0.39 is 0 Å². The van der Waals surface area contributed by atoms with Crippen LogP contribution < -0.4 is 5.32 Å². The molecule has 0 saturated carbocycles. The zero-order chi connectivity index (χ0) is 22.7. The Balaban J connectivity index is 1.24. The van der Waals surface area contributed by atoms with Gasteiger partial charge in [0.2, 0.25) is 5.91 Å². The fourth-order valence-corrected chi connectivity index (χ4v) is 4.50. The van der Waals surface area contributed by atoms with Gasteiger partial charge in [0.1, 0.15) is 0 Å². The zero-order valence-electron chi connectivity index (χ0n) is 18.9. The Morgan fingerprint density at radius 2 is 1.72 bits per heavy atom. The number of hydrogen-bond donors (Lipinski definition) is 1. The van der Waals surface area contributed by atoms with E-state index in [1.54, 1.807) is 12.1 Å². The molecule has 168 valence electrons. The molecule has 0 bridgehead atoms. The molecule has 2 aromatic carbocycles. The summed E-state index contributed by atoms with van der Waals surface area (Å²) >= 11 is 0. The summed E-state index contributed by atoms with van der Waals surface area (Å²) in [5.41, 5.74) is 4.09. The van der Waals surface area contributed by atoms with E-state index in [2.05, 4.69) is 41.4 Å². The van der Waals surface area contributed by atoms with Crippen molar-refractivity contribution < 1.29 is 14.4 Å². The van der Waals surface area contributed by atoms with Crippen molar-refractivity contribution in [3.8, 4) is 0 Å². The van der Waals surface area contributed by atoms with Gasteiger partial charge in [0.05, 0.1) is 11.1 Å². The monoisotopic (exact) mass is 433 g/mol. The van der Waals surface area contributed by atoms with E-state index in [4.69, 9.17) is 0 Å². The molecule has 1 N–H and O–H groups in total. The molecule has 0 spiro atoms. The number of hydrogen-bond acceptors (Lipinski definition) is 4. The van der Waals surface area contributed by atoms with Crippen LogP contribution in [0.15, 0.2) is 42.5 Å². The minimum Gasteiger partial charge on any atom is -0.352 e. The van der Waals surface area contributed by atoms with Crippen LogP contribution in [-0.4, -0.2) is 46.7 Å². The minimum absolute atomic E-state index is 0.0875. The van der Waals surface area contributed by atoms with Crippen LogP contribution in [0.5, 0.6) is 0 Å². The number of carbonyl (C=O) groups excluding carboxylic acids is 3. The van der Waals surface area contributed by atoms with Gasteiger partial charge >= 0.3 is 0 Å². The molecule has 1 fully saturated rings. The quantitative estimate of drug-likeness (QED) is 0.677. The maximum absolute atomic E-state index is 12.5. The van der Waals surface area contributed by atoms with E-state index in [1.807, 2.05) is 13.0 Å². The molecular weight excluding hydrogens is 402 g/mol. The molecule has 2 aliphatic rings. The summed E-state index contributed by atoms with van der Waals surface area (Å²) in [5, 5.41) is 2.89. The molecule has 6 heteroatoms. The second kappa shape index (κ2) is 9.65. The molecular formula is C26H31N3O3. The smallest absolute Gasteiger partial charge is 0.261 e. The summed E-state index contributed by atoms with van der Waals surface area (Å²) in [6, 6.07) is 14.2. The summed E-state index contributed by atoms with van der Waals surface area (Å²) in [6.45, 7) is 6.82. The highest BCUT2D eigenvalue weighted by molar-refractivity contribution is 6.21. The van der Waals surface area contributed by atoms with Crippen LogP contribution in [0.4, 0.5) is 0 Å². The third-order valence-electron chi connectivity index (χ3n) is 6.53. The predicted molar refractivity (Wildman–Crippen MR) is 123 cm³/mol. The van der Waals surface area contributed by atoms with Gasteiger partial charge in [0, 0.05) is 32.1 Å². The number of aryl methyl sites for hydroxylation is 1. The SMILES string of the molecule is Cc1ccc2c(c1)C(=O)N(CCC(=O)NCc1ccc(CN3CCCCC3C)cc1)C2=O. The van der Waals surface area contributed by atoms with Gasteiger partial charge in [-0.15, -0.1) is 0 Å². The van der Waals surface area contributed by atoms with Crippen molar-refractivity contribution in [2.45, 2.75) is 58.7 Å². The normalized spacial score (nSPS) is 18.7. The lowest BCUT2D eigenvalue weighted by molar-refractivity contribution is -0.121. The molecule has 3 amide bonds. The van der Waals surface area contributed by atoms with Crippen molar-refractivity contribution in [3.63, 3.8) is 0 Å². The molecule has 2 aliphatic heterocycles. The number of fused-ring (bicyclic) bond motifs is 1. The fourth-order valence-electron chi connectivity index (χ4n) is 4.50. The van der Waals surface area contributed by atoms with E-state index in [0.717, 1.165) is 24.2 Å². The summed E-state index contributed by atoms with van der Waals surface area (Å²) < 4.78 is 0. The second-order valence-electron chi connectivity index (χ2n) is 8.97. The van der Waals surface area contributed by atoms with Crippen LogP contribution in [0.25, 0.3) is 0 Å². The number of amides is 3. The van der Waals surface area contributed by atoms with Crippen molar-refractivity contribution in [1.29, 1.82) is 0 Å². The lowest BCUT2D eigenvalue weighted by Gasteiger charge is -2.33. The van der Waals surface area contributed by atoms with Crippen molar-refractivity contribution in [2.24, 2.45) is 0 Å². The van der Waals surface area contributed by atoms with Gasteiger partial charge in [-0.05, 0) is 56.5 Å². The van der Waals surface area contributed by atoms with E-state index in [0.29, 0.717) is 23.7 Å². The van der Waals surface area contributed by atoms with Crippen LogP contribution in [-0.2, 0) is 17.9 Å². The number of nitrogens with one attached hydrogen (secondary N) is 1. The molecule has 4 rings (SSSR count). The Morgan fingerprint density at radius 3 is 2.47 bits per heavy atom. The van der Waals surface area contributed by atoms with Crippen LogP contribution in [0.1, 0.15) is 70.0 Å². The molecule has 1 saturated heterocycles. The second-order valence-corrected chi connectivity index (χ2v) is 8.97. The topological polar surface area (TPSA) is 69.7 Å². The molecule has 0 aliphatic carbocycles. The molecule has 0 aromatic heterocycles. The number of benzene rings is 2. The van der Waals surface area contributed by atoms with Crippen LogP contribution in [0, 0.1) is 6.92 Å². The lowest BCUT2D eigenvalue weighted by Crippen LogP contribution is -2.36. The van der Waals surface area contributed by atoms with Gasteiger partial charge in [0.25, 0.3) is 11.8 Å². The Kier molecular flexibility index (Phi) is 6.70. The highest BCUT2D eigenvalue weighted by atomic mass is 16.2. The van der Waals surface area contributed by atoms with Crippen molar-refractivity contribution >= 4 is 17.7 Å². The third kappa shape index (κ3) is 4.91. The Hall–Kier alpha value is -2.99. The first-order chi connectivity index (χ1) is 15.4. The van der Waals surface area contributed by atoms with Crippen LogP contribution >= 0.6 is 0 Å². The Bertz CT molecular complexity index is 1020. The highest BCUT2D eigenvalue weighted by Gasteiger charge is 2.35. The summed E-state index contributed by atoms with van der Waals surface area (Å²) in [5.74, 6) is -0.819. The first-order valence-electron chi connectivity index (χ1n) is 11.5. The molecule has 32 heavy (non-hydrogen) atoms. The zero-order valence-corrected chi connectivity index (χ0v) is 18.9. The summed E-state index contributed by atoms with van der Waals surface area (Å²) in [6.07, 6.45) is 3.96. The number of carbonyl (C=O) groups is 3. The van der Waals surface area contributed by atoms with E-state index in [1.165, 1.54) is 29.7 Å².